The molecule has 1 unspecified atom stereocenters. The van der Waals surface area contributed by atoms with Crippen molar-refractivity contribution >= 4 is 24.0 Å². The van der Waals surface area contributed by atoms with Gasteiger partial charge >= 0.3 is 0 Å². The molecule has 1 heterocycles. The van der Waals surface area contributed by atoms with E-state index in [2.05, 4.69) is 35.9 Å². The van der Waals surface area contributed by atoms with E-state index in [4.69, 9.17) is 4.42 Å². The highest BCUT2D eigenvalue weighted by molar-refractivity contribution is 7.99. The van der Waals surface area contributed by atoms with Gasteiger partial charge in [0.1, 0.15) is 6.04 Å². The highest BCUT2D eigenvalue weighted by Crippen LogP contribution is 2.30. The van der Waals surface area contributed by atoms with E-state index in [1.807, 2.05) is 14.1 Å². The van der Waals surface area contributed by atoms with Gasteiger partial charge in [0.15, 0.2) is 0 Å². The van der Waals surface area contributed by atoms with Crippen LogP contribution in [0.5, 0.6) is 0 Å². The van der Waals surface area contributed by atoms with Crippen molar-refractivity contribution in [3.05, 3.63) is 5.89 Å². The molecule has 1 aliphatic rings. The first-order valence-corrected chi connectivity index (χ1v) is 11.1. The highest BCUT2D eigenvalue weighted by atomic mass is 32.2. The third-order valence-electron chi connectivity index (χ3n) is 4.97. The average Bonchev–Trinajstić information content (AvgIpc) is 3.09. The quantitative estimate of drug-likeness (QED) is 0.332. The van der Waals surface area contributed by atoms with E-state index in [9.17, 15) is 9.59 Å². The summed E-state index contributed by atoms with van der Waals surface area (Å²) in [6.45, 7) is 7.11. The van der Waals surface area contributed by atoms with Crippen molar-refractivity contribution in [2.24, 2.45) is 5.41 Å². The number of hydrogen-bond acceptors (Lipinski definition) is 7. The molecule has 158 valence electrons. The summed E-state index contributed by atoms with van der Waals surface area (Å²) < 4.78 is 5.63. The van der Waals surface area contributed by atoms with Crippen LogP contribution in [0, 0.1) is 5.41 Å². The number of Topliss-reactive ketones (excluding diaryl/α,β-unsaturated/α-hetero) is 1. The summed E-state index contributed by atoms with van der Waals surface area (Å²) in [5.41, 5.74) is -0.112. The van der Waals surface area contributed by atoms with Crippen molar-refractivity contribution in [3.63, 3.8) is 0 Å². The SMILES string of the molecule is CN(C)CCSc1nnc(C(=O)C(CC(C)(C)C)N(C=O)C2CCCCC2)o1. The molecule has 1 atom stereocenters. The van der Waals surface area contributed by atoms with Crippen molar-refractivity contribution in [2.75, 3.05) is 26.4 Å². The second-order valence-electron chi connectivity index (χ2n) is 9.01. The molecule has 1 aliphatic carbocycles. The number of ketones is 1. The third-order valence-corrected chi connectivity index (χ3v) is 5.77. The first-order valence-electron chi connectivity index (χ1n) is 10.1. The molecule has 1 aromatic rings. The molecule has 2 rings (SSSR count). The molecule has 1 saturated carbocycles. The molecule has 0 aromatic carbocycles. The van der Waals surface area contributed by atoms with E-state index < -0.39 is 6.04 Å². The van der Waals surface area contributed by atoms with Crippen LogP contribution < -0.4 is 0 Å². The molecule has 1 amide bonds. The lowest BCUT2D eigenvalue weighted by atomic mass is 9.84. The number of amides is 1. The summed E-state index contributed by atoms with van der Waals surface area (Å²) in [6.07, 6.45) is 6.68. The minimum Gasteiger partial charge on any atom is -0.408 e. The number of carbonyl (C=O) groups excluding carboxylic acids is 2. The molecule has 0 aliphatic heterocycles. The standard InChI is InChI=1S/C20H34N4O3S/c1-20(2,3)13-16(24(14-25)15-9-7-6-8-10-15)17(26)18-21-22-19(27-18)28-12-11-23(4)5/h14-16H,6-13H2,1-5H3. The van der Waals surface area contributed by atoms with Crippen LogP contribution in [0.4, 0.5) is 0 Å². The minimum absolute atomic E-state index is 0.00395. The van der Waals surface area contributed by atoms with Crippen molar-refractivity contribution in [1.82, 2.24) is 20.0 Å². The molecule has 1 aromatic heterocycles. The van der Waals surface area contributed by atoms with Crippen LogP contribution in [0.15, 0.2) is 9.64 Å². The van der Waals surface area contributed by atoms with Gasteiger partial charge in [-0.3, -0.25) is 9.59 Å². The largest absolute Gasteiger partial charge is 0.408 e. The number of carbonyl (C=O) groups is 2. The van der Waals surface area contributed by atoms with Crippen LogP contribution in [0.25, 0.3) is 0 Å². The highest BCUT2D eigenvalue weighted by Gasteiger charge is 2.37. The van der Waals surface area contributed by atoms with Gasteiger partial charge in [0.05, 0.1) is 0 Å². The Bertz CT molecular complexity index is 636. The molecular weight excluding hydrogens is 376 g/mol. The predicted molar refractivity (Wildman–Crippen MR) is 111 cm³/mol. The Hall–Kier alpha value is -1.41. The number of nitrogens with zero attached hydrogens (tertiary/aromatic N) is 4. The van der Waals surface area contributed by atoms with Crippen LogP contribution in [-0.4, -0.2) is 70.7 Å². The average molecular weight is 411 g/mol. The summed E-state index contributed by atoms with van der Waals surface area (Å²) >= 11 is 1.44. The van der Waals surface area contributed by atoms with Gasteiger partial charge in [-0.05, 0) is 38.8 Å². The van der Waals surface area contributed by atoms with E-state index in [-0.39, 0.29) is 23.1 Å². The summed E-state index contributed by atoms with van der Waals surface area (Å²) in [5, 5.41) is 8.39. The maximum Gasteiger partial charge on any atom is 0.286 e. The van der Waals surface area contributed by atoms with E-state index in [1.165, 1.54) is 18.2 Å². The lowest BCUT2D eigenvalue weighted by Crippen LogP contribution is -2.49. The summed E-state index contributed by atoms with van der Waals surface area (Å²) in [6, 6.07) is -0.458. The second kappa shape index (κ2) is 10.4. The molecule has 0 spiro atoms. The molecular formula is C20H34N4O3S. The number of rotatable bonds is 10. The fraction of sp³-hybridized carbons (Fsp3) is 0.800. The zero-order valence-corrected chi connectivity index (χ0v) is 18.6. The summed E-state index contributed by atoms with van der Waals surface area (Å²) in [7, 11) is 4.00. The zero-order valence-electron chi connectivity index (χ0n) is 17.8. The third kappa shape index (κ3) is 6.88. The summed E-state index contributed by atoms with van der Waals surface area (Å²) in [4.78, 5) is 29.0. The van der Waals surface area contributed by atoms with Gasteiger partial charge in [0, 0.05) is 18.3 Å². The number of hydrogen-bond donors (Lipinski definition) is 0. The van der Waals surface area contributed by atoms with Gasteiger partial charge in [0.25, 0.3) is 11.1 Å². The van der Waals surface area contributed by atoms with Gasteiger partial charge in [0.2, 0.25) is 12.2 Å². The van der Waals surface area contributed by atoms with Crippen LogP contribution in [0.2, 0.25) is 0 Å². The maximum atomic E-state index is 13.2. The smallest absolute Gasteiger partial charge is 0.286 e. The fourth-order valence-electron chi connectivity index (χ4n) is 3.53. The molecule has 7 nitrogen and oxygen atoms in total. The monoisotopic (exact) mass is 410 g/mol. The second-order valence-corrected chi connectivity index (χ2v) is 10.1. The first-order chi connectivity index (χ1) is 13.2. The topological polar surface area (TPSA) is 79.5 Å². The fourth-order valence-corrected chi connectivity index (χ4v) is 4.40. The molecule has 0 bridgehead atoms. The Labute approximate surface area is 172 Å². The Morgan fingerprint density at radius 2 is 1.93 bits per heavy atom. The van der Waals surface area contributed by atoms with Crippen molar-refractivity contribution in [1.29, 1.82) is 0 Å². The number of aromatic nitrogens is 2. The van der Waals surface area contributed by atoms with Crippen LogP contribution in [0.3, 0.4) is 0 Å². The van der Waals surface area contributed by atoms with E-state index >= 15 is 0 Å². The number of thioether (sulfide) groups is 1. The molecule has 0 radical (unpaired) electrons. The van der Waals surface area contributed by atoms with E-state index in [0.29, 0.717) is 11.6 Å². The molecule has 0 saturated heterocycles. The Morgan fingerprint density at radius 3 is 2.50 bits per heavy atom. The zero-order chi connectivity index (χ0) is 20.7. The van der Waals surface area contributed by atoms with Crippen LogP contribution in [-0.2, 0) is 4.79 Å². The maximum absolute atomic E-state index is 13.2. The molecule has 0 N–H and O–H groups in total. The minimum atomic E-state index is -0.569. The van der Waals surface area contributed by atoms with Gasteiger partial charge in [-0.2, -0.15) is 0 Å². The van der Waals surface area contributed by atoms with E-state index in [1.54, 1.807) is 4.90 Å². The van der Waals surface area contributed by atoms with Crippen LogP contribution in [0.1, 0.15) is 70.0 Å². The Morgan fingerprint density at radius 1 is 1.25 bits per heavy atom. The van der Waals surface area contributed by atoms with Gasteiger partial charge in [-0.25, -0.2) is 0 Å². The van der Waals surface area contributed by atoms with Gasteiger partial charge in [-0.15, -0.1) is 10.2 Å². The Balaban J connectivity index is 2.16. The molecule has 28 heavy (non-hydrogen) atoms. The normalized spacial score (nSPS) is 16.9. The van der Waals surface area contributed by atoms with Gasteiger partial charge < -0.3 is 14.2 Å². The first kappa shape index (κ1) is 22.9. The lowest BCUT2D eigenvalue weighted by molar-refractivity contribution is -0.123. The van der Waals surface area contributed by atoms with Crippen molar-refractivity contribution in [3.8, 4) is 0 Å². The molecule has 8 heteroatoms. The Kier molecular flexibility index (Phi) is 8.49. The van der Waals surface area contributed by atoms with Crippen LogP contribution >= 0.6 is 11.8 Å². The van der Waals surface area contributed by atoms with Crippen molar-refractivity contribution < 1.29 is 14.0 Å². The van der Waals surface area contributed by atoms with Gasteiger partial charge in [-0.1, -0.05) is 51.8 Å². The molecule has 1 fully saturated rings. The van der Waals surface area contributed by atoms with E-state index in [0.717, 1.165) is 44.4 Å². The van der Waals surface area contributed by atoms with Crippen molar-refractivity contribution in [2.45, 2.75) is 76.6 Å². The predicted octanol–water partition coefficient (Wildman–Crippen LogP) is 3.50. The lowest BCUT2D eigenvalue weighted by Gasteiger charge is -2.38. The summed E-state index contributed by atoms with van der Waals surface area (Å²) in [5.74, 6) is 0.556.